The number of nitro benzene ring substituents is 1. The Morgan fingerprint density at radius 3 is 2.62 bits per heavy atom. The van der Waals surface area contributed by atoms with Gasteiger partial charge in [0.15, 0.2) is 0 Å². The maximum Gasteiger partial charge on any atom is 0.289 e. The summed E-state index contributed by atoms with van der Waals surface area (Å²) in [6, 6.07) is 3.26. The topological polar surface area (TPSA) is 89.3 Å². The molecule has 0 spiro atoms. The van der Waals surface area contributed by atoms with Crippen LogP contribution in [0.5, 0.6) is 0 Å². The zero-order chi connectivity index (χ0) is 15.6. The molecule has 1 N–H and O–H groups in total. The first-order valence-corrected chi connectivity index (χ1v) is 9.19. The number of hydrogen-bond acceptors (Lipinski definition) is 4. The zero-order valence-corrected chi connectivity index (χ0v) is 14.1. The minimum absolute atomic E-state index is 0.0725. The minimum Gasteiger partial charge on any atom is -0.258 e. The highest BCUT2D eigenvalue weighted by molar-refractivity contribution is 9.09. The smallest absolute Gasteiger partial charge is 0.258 e. The molecule has 6 nitrogen and oxygen atoms in total. The molecule has 0 bridgehead atoms. The number of benzene rings is 1. The van der Waals surface area contributed by atoms with Crippen LogP contribution >= 0.6 is 27.5 Å². The lowest BCUT2D eigenvalue weighted by Gasteiger charge is -2.27. The number of nitrogens with zero attached hydrogens (tertiary/aromatic N) is 1. The molecule has 0 amide bonds. The van der Waals surface area contributed by atoms with Crippen LogP contribution in [-0.2, 0) is 10.0 Å². The highest BCUT2D eigenvalue weighted by Gasteiger charge is 2.29. The molecule has 1 fully saturated rings. The number of hydrogen-bond donors (Lipinski definition) is 1. The molecule has 116 valence electrons. The number of sulfonamides is 1. The maximum absolute atomic E-state index is 12.3. The Morgan fingerprint density at radius 1 is 1.33 bits per heavy atom. The number of halogens is 2. The van der Waals surface area contributed by atoms with Crippen LogP contribution in [0.1, 0.15) is 25.7 Å². The fraction of sp³-hybridized carbons (Fsp3) is 0.500. The van der Waals surface area contributed by atoms with Crippen molar-refractivity contribution >= 4 is 43.2 Å². The molecule has 2 unspecified atom stereocenters. The van der Waals surface area contributed by atoms with Crippen molar-refractivity contribution in [3.05, 3.63) is 33.3 Å². The maximum atomic E-state index is 12.3. The van der Waals surface area contributed by atoms with Crippen LogP contribution in [0.2, 0.25) is 5.02 Å². The Hall–Kier alpha value is -0.700. The highest BCUT2D eigenvalue weighted by atomic mass is 79.9. The predicted molar refractivity (Wildman–Crippen MR) is 83.4 cm³/mol. The van der Waals surface area contributed by atoms with Crippen LogP contribution in [0.25, 0.3) is 0 Å². The normalized spacial score (nSPS) is 23.0. The van der Waals surface area contributed by atoms with Gasteiger partial charge in [0.2, 0.25) is 10.0 Å². The summed E-state index contributed by atoms with van der Waals surface area (Å²) in [5.41, 5.74) is -0.418. The molecule has 0 heterocycles. The van der Waals surface area contributed by atoms with E-state index in [0.717, 1.165) is 31.7 Å². The Balaban J connectivity index is 2.27. The summed E-state index contributed by atoms with van der Waals surface area (Å²) >= 11 is 9.16. The fourth-order valence-electron chi connectivity index (χ4n) is 2.29. The first kappa shape index (κ1) is 16.7. The molecular weight excluding hydrogens is 384 g/mol. The molecule has 9 heteroatoms. The van der Waals surface area contributed by atoms with E-state index in [4.69, 9.17) is 11.6 Å². The SMILES string of the molecule is O=[N+]([O-])c1cc(S(=O)(=O)NC2CCCCC2Br)ccc1Cl. The molecule has 1 aliphatic rings. The first-order chi connectivity index (χ1) is 9.81. The van der Waals surface area contributed by atoms with E-state index in [1.54, 1.807) is 0 Å². The van der Waals surface area contributed by atoms with Gasteiger partial charge in [-0.15, -0.1) is 0 Å². The quantitative estimate of drug-likeness (QED) is 0.480. The van der Waals surface area contributed by atoms with E-state index in [1.165, 1.54) is 12.1 Å². The highest BCUT2D eigenvalue weighted by Crippen LogP contribution is 2.29. The van der Waals surface area contributed by atoms with Crippen LogP contribution < -0.4 is 4.72 Å². The van der Waals surface area contributed by atoms with Crippen LogP contribution in [-0.4, -0.2) is 24.2 Å². The standard InChI is InChI=1S/C12H14BrClN2O4S/c13-9-3-1-2-4-11(9)15-21(19,20)8-5-6-10(14)12(7-8)16(17)18/h5-7,9,11,15H,1-4H2. The summed E-state index contributed by atoms with van der Waals surface area (Å²) in [7, 11) is -3.81. The second kappa shape index (κ2) is 6.60. The van der Waals surface area contributed by atoms with Gasteiger partial charge in [-0.1, -0.05) is 40.4 Å². The number of nitro groups is 1. The van der Waals surface area contributed by atoms with E-state index in [2.05, 4.69) is 20.7 Å². The van der Waals surface area contributed by atoms with Crippen molar-refractivity contribution in [3.63, 3.8) is 0 Å². The van der Waals surface area contributed by atoms with E-state index in [9.17, 15) is 18.5 Å². The van der Waals surface area contributed by atoms with Gasteiger partial charge in [-0.25, -0.2) is 13.1 Å². The molecule has 2 rings (SSSR count). The van der Waals surface area contributed by atoms with Crippen LogP contribution in [0.15, 0.2) is 23.1 Å². The van der Waals surface area contributed by atoms with Crippen LogP contribution in [0, 0.1) is 10.1 Å². The molecule has 1 aliphatic carbocycles. The molecule has 0 saturated heterocycles. The average molecular weight is 398 g/mol. The summed E-state index contributed by atoms with van der Waals surface area (Å²) in [6.07, 6.45) is 3.65. The number of alkyl halides is 1. The van der Waals surface area contributed by atoms with Crippen molar-refractivity contribution in [2.24, 2.45) is 0 Å². The van der Waals surface area contributed by atoms with E-state index in [0.29, 0.717) is 0 Å². The Kier molecular flexibility index (Phi) is 5.24. The molecular formula is C12H14BrClN2O4S. The largest absolute Gasteiger partial charge is 0.289 e. The average Bonchev–Trinajstić information content (AvgIpc) is 2.41. The van der Waals surface area contributed by atoms with Gasteiger partial charge in [-0.2, -0.15) is 0 Å². The van der Waals surface area contributed by atoms with Gasteiger partial charge < -0.3 is 0 Å². The summed E-state index contributed by atoms with van der Waals surface area (Å²) < 4.78 is 27.3. The Labute approximate surface area is 136 Å². The zero-order valence-electron chi connectivity index (χ0n) is 11.0. The van der Waals surface area contributed by atoms with E-state index in [1.807, 2.05) is 0 Å². The predicted octanol–water partition coefficient (Wildman–Crippen LogP) is 3.23. The third-order valence-corrected chi connectivity index (χ3v) is 6.32. The third kappa shape index (κ3) is 3.94. The molecule has 21 heavy (non-hydrogen) atoms. The Bertz CT molecular complexity index is 653. The Morgan fingerprint density at radius 2 is 2.00 bits per heavy atom. The molecule has 0 aromatic heterocycles. The number of rotatable bonds is 4. The van der Waals surface area contributed by atoms with Crippen molar-refractivity contribution in [1.82, 2.24) is 4.72 Å². The molecule has 0 radical (unpaired) electrons. The third-order valence-electron chi connectivity index (χ3n) is 3.41. The van der Waals surface area contributed by atoms with Crippen molar-refractivity contribution < 1.29 is 13.3 Å². The van der Waals surface area contributed by atoms with Gasteiger partial charge in [0.25, 0.3) is 5.69 Å². The summed E-state index contributed by atoms with van der Waals surface area (Å²) in [5, 5.41) is 10.8. The van der Waals surface area contributed by atoms with Gasteiger partial charge in [0.1, 0.15) is 5.02 Å². The van der Waals surface area contributed by atoms with Gasteiger partial charge in [-0.05, 0) is 25.0 Å². The van der Waals surface area contributed by atoms with Crippen LogP contribution in [0.4, 0.5) is 5.69 Å². The van der Waals surface area contributed by atoms with Crippen molar-refractivity contribution in [2.75, 3.05) is 0 Å². The molecule has 2 atom stereocenters. The minimum atomic E-state index is -3.81. The monoisotopic (exact) mass is 396 g/mol. The van der Waals surface area contributed by atoms with Crippen molar-refractivity contribution in [1.29, 1.82) is 0 Å². The lowest BCUT2D eigenvalue weighted by Crippen LogP contribution is -2.42. The van der Waals surface area contributed by atoms with Gasteiger partial charge in [0.05, 0.1) is 9.82 Å². The summed E-state index contributed by atoms with van der Waals surface area (Å²) in [4.78, 5) is 10.1. The van der Waals surface area contributed by atoms with Gasteiger partial charge in [0, 0.05) is 16.9 Å². The van der Waals surface area contributed by atoms with E-state index in [-0.39, 0.29) is 20.8 Å². The summed E-state index contributed by atoms with van der Waals surface area (Å²) in [5.74, 6) is 0. The fourth-order valence-corrected chi connectivity index (χ4v) is 4.70. The molecule has 1 saturated carbocycles. The van der Waals surface area contributed by atoms with E-state index >= 15 is 0 Å². The number of nitrogens with one attached hydrogen (secondary N) is 1. The summed E-state index contributed by atoms with van der Waals surface area (Å²) in [6.45, 7) is 0. The van der Waals surface area contributed by atoms with Crippen molar-refractivity contribution in [2.45, 2.75) is 41.4 Å². The lowest BCUT2D eigenvalue weighted by atomic mass is 9.96. The van der Waals surface area contributed by atoms with Gasteiger partial charge in [-0.3, -0.25) is 10.1 Å². The van der Waals surface area contributed by atoms with Crippen molar-refractivity contribution in [3.8, 4) is 0 Å². The lowest BCUT2D eigenvalue weighted by molar-refractivity contribution is -0.384. The van der Waals surface area contributed by atoms with E-state index < -0.39 is 20.6 Å². The first-order valence-electron chi connectivity index (χ1n) is 6.41. The molecule has 1 aromatic rings. The molecule has 0 aliphatic heterocycles. The second-order valence-electron chi connectivity index (χ2n) is 4.90. The van der Waals surface area contributed by atoms with Crippen LogP contribution in [0.3, 0.4) is 0 Å². The van der Waals surface area contributed by atoms with Gasteiger partial charge >= 0.3 is 0 Å². The molecule has 1 aromatic carbocycles. The second-order valence-corrected chi connectivity index (χ2v) is 8.20.